The minimum atomic E-state index is -0.549. The normalized spacial score (nSPS) is 24.4. The Kier molecular flexibility index (Phi) is 4.02. The van der Waals surface area contributed by atoms with Crippen LogP contribution in [0.3, 0.4) is 0 Å². The van der Waals surface area contributed by atoms with Crippen molar-refractivity contribution in [3.05, 3.63) is 35.9 Å². The van der Waals surface area contributed by atoms with Gasteiger partial charge in [0.05, 0.1) is 12.6 Å². The van der Waals surface area contributed by atoms with Crippen LogP contribution in [0.5, 0.6) is 0 Å². The minimum absolute atomic E-state index is 0.103. The molecule has 1 fully saturated rings. The van der Waals surface area contributed by atoms with E-state index in [9.17, 15) is 5.21 Å². The molecule has 1 N–H and O–H groups in total. The van der Waals surface area contributed by atoms with E-state index in [1.54, 1.807) is 0 Å². The van der Waals surface area contributed by atoms with E-state index in [1.807, 2.05) is 51.1 Å². The summed E-state index contributed by atoms with van der Waals surface area (Å²) in [5, 5.41) is 11.4. The predicted octanol–water partition coefficient (Wildman–Crippen LogP) is 2.42. The molecule has 4 heteroatoms. The van der Waals surface area contributed by atoms with Crippen molar-refractivity contribution in [1.82, 2.24) is 5.06 Å². The van der Waals surface area contributed by atoms with Crippen molar-refractivity contribution in [3.8, 4) is 0 Å². The van der Waals surface area contributed by atoms with Gasteiger partial charge in [0.1, 0.15) is 6.10 Å². The first-order valence-electron chi connectivity index (χ1n) is 6.29. The second-order valence-corrected chi connectivity index (χ2v) is 5.19. The molecule has 4 nitrogen and oxygen atoms in total. The second kappa shape index (κ2) is 5.36. The molecule has 0 bridgehead atoms. The third kappa shape index (κ3) is 3.29. The smallest absolute Gasteiger partial charge is 0.163 e. The minimum Gasteiger partial charge on any atom is -0.348 e. The third-order valence-corrected chi connectivity index (χ3v) is 3.23. The van der Waals surface area contributed by atoms with Gasteiger partial charge in [0.25, 0.3) is 0 Å². The lowest BCUT2D eigenvalue weighted by molar-refractivity contribution is -0.184. The first-order valence-corrected chi connectivity index (χ1v) is 6.29. The van der Waals surface area contributed by atoms with E-state index >= 15 is 0 Å². The van der Waals surface area contributed by atoms with Crippen LogP contribution in [0.4, 0.5) is 0 Å². The molecule has 0 saturated carbocycles. The first-order chi connectivity index (χ1) is 8.48. The van der Waals surface area contributed by atoms with Crippen molar-refractivity contribution in [3.63, 3.8) is 0 Å². The summed E-state index contributed by atoms with van der Waals surface area (Å²) in [6, 6.07) is 9.77. The van der Waals surface area contributed by atoms with Crippen LogP contribution in [0.15, 0.2) is 30.3 Å². The highest BCUT2D eigenvalue weighted by Gasteiger charge is 2.37. The number of rotatable bonds is 4. The van der Waals surface area contributed by atoms with Crippen LogP contribution in [0, 0.1) is 0 Å². The molecule has 1 aromatic rings. The molecule has 0 aromatic heterocycles. The van der Waals surface area contributed by atoms with Gasteiger partial charge in [-0.3, -0.25) is 0 Å². The zero-order valence-corrected chi connectivity index (χ0v) is 11.2. The Morgan fingerprint density at radius 2 is 2.06 bits per heavy atom. The van der Waals surface area contributed by atoms with Crippen LogP contribution in [0.25, 0.3) is 0 Å². The van der Waals surface area contributed by atoms with Gasteiger partial charge < -0.3 is 14.7 Å². The number of ether oxygens (including phenoxy) is 2. The van der Waals surface area contributed by atoms with Crippen LogP contribution in [0.2, 0.25) is 0 Å². The van der Waals surface area contributed by atoms with Gasteiger partial charge >= 0.3 is 0 Å². The average molecular weight is 251 g/mol. The Bertz CT molecular complexity index is 380. The van der Waals surface area contributed by atoms with E-state index in [-0.39, 0.29) is 12.1 Å². The molecule has 1 unspecified atom stereocenters. The molecule has 18 heavy (non-hydrogen) atoms. The molecular weight excluding hydrogens is 230 g/mol. The molecule has 2 rings (SSSR count). The maximum absolute atomic E-state index is 10.1. The van der Waals surface area contributed by atoms with Gasteiger partial charge in [-0.2, -0.15) is 5.06 Å². The van der Waals surface area contributed by atoms with Crippen molar-refractivity contribution < 1.29 is 14.7 Å². The predicted molar refractivity (Wildman–Crippen MR) is 68.1 cm³/mol. The summed E-state index contributed by atoms with van der Waals surface area (Å²) < 4.78 is 11.3. The van der Waals surface area contributed by atoms with E-state index < -0.39 is 5.79 Å². The Hall–Kier alpha value is -0.940. The van der Waals surface area contributed by atoms with E-state index in [1.165, 1.54) is 5.06 Å². The molecule has 100 valence electrons. The van der Waals surface area contributed by atoms with Crippen LogP contribution in [0.1, 0.15) is 26.3 Å². The van der Waals surface area contributed by atoms with Gasteiger partial charge in [-0.05, 0) is 26.3 Å². The number of hydrogen-bond acceptors (Lipinski definition) is 4. The van der Waals surface area contributed by atoms with Crippen LogP contribution >= 0.6 is 0 Å². The van der Waals surface area contributed by atoms with E-state index in [2.05, 4.69) is 0 Å². The lowest BCUT2D eigenvalue weighted by atomic mass is 10.1. The van der Waals surface area contributed by atoms with Crippen molar-refractivity contribution in [1.29, 1.82) is 0 Å². The Labute approximate surface area is 108 Å². The van der Waals surface area contributed by atoms with Crippen LogP contribution in [-0.2, 0) is 16.0 Å². The highest BCUT2D eigenvalue weighted by Crippen LogP contribution is 2.26. The molecule has 1 saturated heterocycles. The van der Waals surface area contributed by atoms with Gasteiger partial charge in [0.15, 0.2) is 5.79 Å². The SMILES string of the molecule is C[C@H](C1COC(C)(C)O1)N(O)Cc1ccccc1. The molecule has 0 amide bonds. The number of nitrogens with zero attached hydrogens (tertiary/aromatic N) is 1. The fourth-order valence-corrected chi connectivity index (χ4v) is 2.06. The molecule has 1 aromatic carbocycles. The standard InChI is InChI=1S/C14H21NO3/c1-11(13-10-17-14(2,3)18-13)15(16)9-12-7-5-4-6-8-12/h4-8,11,13,16H,9-10H2,1-3H3/t11-,13?/m1/s1. The summed E-state index contributed by atoms with van der Waals surface area (Å²) in [6.45, 7) is 6.72. The molecule has 2 atom stereocenters. The fraction of sp³-hybridized carbons (Fsp3) is 0.571. The molecule has 0 radical (unpaired) electrons. The van der Waals surface area contributed by atoms with Gasteiger partial charge in [-0.15, -0.1) is 0 Å². The van der Waals surface area contributed by atoms with Crippen molar-refractivity contribution in [2.75, 3.05) is 6.61 Å². The molecular formula is C14H21NO3. The van der Waals surface area contributed by atoms with Gasteiger partial charge in [0, 0.05) is 6.54 Å². The topological polar surface area (TPSA) is 41.9 Å². The molecule has 0 aliphatic carbocycles. The van der Waals surface area contributed by atoms with Crippen LogP contribution < -0.4 is 0 Å². The molecule has 0 spiro atoms. The lowest BCUT2D eigenvalue weighted by Crippen LogP contribution is -2.41. The fourth-order valence-electron chi connectivity index (χ4n) is 2.06. The monoisotopic (exact) mass is 251 g/mol. The largest absolute Gasteiger partial charge is 0.348 e. The van der Waals surface area contributed by atoms with Crippen molar-refractivity contribution in [2.24, 2.45) is 0 Å². The number of hydroxylamine groups is 2. The van der Waals surface area contributed by atoms with Crippen molar-refractivity contribution >= 4 is 0 Å². The highest BCUT2D eigenvalue weighted by molar-refractivity contribution is 5.14. The number of hydrogen-bond donors (Lipinski definition) is 1. The summed E-state index contributed by atoms with van der Waals surface area (Å²) in [6.07, 6.45) is -0.103. The second-order valence-electron chi connectivity index (χ2n) is 5.19. The van der Waals surface area contributed by atoms with Crippen molar-refractivity contribution in [2.45, 2.75) is 45.2 Å². The Morgan fingerprint density at radius 3 is 2.61 bits per heavy atom. The maximum atomic E-state index is 10.1. The van der Waals surface area contributed by atoms with Gasteiger partial charge in [0.2, 0.25) is 0 Å². The summed E-state index contributed by atoms with van der Waals surface area (Å²) in [4.78, 5) is 0. The first kappa shape index (κ1) is 13.5. The summed E-state index contributed by atoms with van der Waals surface area (Å²) in [7, 11) is 0. The molecule has 1 heterocycles. The van der Waals surface area contributed by atoms with Gasteiger partial charge in [-0.1, -0.05) is 30.3 Å². The zero-order valence-electron chi connectivity index (χ0n) is 11.2. The Balaban J connectivity index is 1.91. The average Bonchev–Trinajstić information content (AvgIpc) is 2.70. The molecule has 1 aliphatic heterocycles. The molecule has 1 aliphatic rings. The maximum Gasteiger partial charge on any atom is 0.163 e. The van der Waals surface area contributed by atoms with Crippen LogP contribution in [-0.4, -0.2) is 34.8 Å². The lowest BCUT2D eigenvalue weighted by Gasteiger charge is -2.27. The summed E-state index contributed by atoms with van der Waals surface area (Å²) in [5.41, 5.74) is 1.07. The Morgan fingerprint density at radius 1 is 1.39 bits per heavy atom. The van der Waals surface area contributed by atoms with E-state index in [0.29, 0.717) is 13.2 Å². The summed E-state index contributed by atoms with van der Waals surface area (Å²) in [5.74, 6) is -0.549. The summed E-state index contributed by atoms with van der Waals surface area (Å²) >= 11 is 0. The number of benzene rings is 1. The third-order valence-electron chi connectivity index (χ3n) is 3.23. The quantitative estimate of drug-likeness (QED) is 0.834. The van der Waals surface area contributed by atoms with E-state index in [4.69, 9.17) is 9.47 Å². The van der Waals surface area contributed by atoms with Gasteiger partial charge in [-0.25, -0.2) is 0 Å². The highest BCUT2D eigenvalue weighted by atomic mass is 16.7. The van der Waals surface area contributed by atoms with E-state index in [0.717, 1.165) is 5.56 Å². The zero-order chi connectivity index (χ0) is 13.2.